The van der Waals surface area contributed by atoms with Gasteiger partial charge in [-0.2, -0.15) is 0 Å². The number of nitrogens with one attached hydrogen (secondary N) is 1. The Balaban J connectivity index is 2.53. The molecular weight excluding hydrogens is 314 g/mol. The zero-order chi connectivity index (χ0) is 14.3. The summed E-state index contributed by atoms with van der Waals surface area (Å²) >= 11 is 3.41. The first-order chi connectivity index (χ1) is 9.08. The standard InChI is InChI=1S/C13H18BrNO4/c1-18-8-11(16)7-15-6-10-4-3-9(5-12(10)14)13(17)19-2/h3-5,11,15-16H,6-8H2,1-2H3/t11-/m1/s1. The van der Waals surface area contributed by atoms with Crippen molar-refractivity contribution in [3.63, 3.8) is 0 Å². The molecule has 0 saturated heterocycles. The van der Waals surface area contributed by atoms with Gasteiger partial charge in [0.25, 0.3) is 0 Å². The van der Waals surface area contributed by atoms with E-state index in [9.17, 15) is 9.90 Å². The van der Waals surface area contributed by atoms with Crippen molar-refractivity contribution in [2.75, 3.05) is 27.4 Å². The number of hydrogen-bond donors (Lipinski definition) is 2. The fourth-order valence-corrected chi connectivity index (χ4v) is 2.08. The van der Waals surface area contributed by atoms with Gasteiger partial charge in [-0.25, -0.2) is 4.79 Å². The second-order valence-corrected chi connectivity index (χ2v) is 4.89. The number of methoxy groups -OCH3 is 2. The van der Waals surface area contributed by atoms with Crippen molar-refractivity contribution < 1.29 is 19.4 Å². The number of aliphatic hydroxyl groups is 1. The van der Waals surface area contributed by atoms with Crippen LogP contribution in [0.5, 0.6) is 0 Å². The lowest BCUT2D eigenvalue weighted by molar-refractivity contribution is 0.0600. The molecule has 0 amide bonds. The summed E-state index contributed by atoms with van der Waals surface area (Å²) in [6.07, 6.45) is -0.530. The van der Waals surface area contributed by atoms with Gasteiger partial charge in [0.05, 0.1) is 25.4 Å². The van der Waals surface area contributed by atoms with Crippen LogP contribution in [0.15, 0.2) is 22.7 Å². The summed E-state index contributed by atoms with van der Waals surface area (Å²) in [5.41, 5.74) is 1.50. The summed E-state index contributed by atoms with van der Waals surface area (Å²) in [6.45, 7) is 1.33. The van der Waals surface area contributed by atoms with Crippen LogP contribution in [0, 0.1) is 0 Å². The third-order valence-electron chi connectivity index (χ3n) is 2.53. The molecule has 0 fully saturated rings. The largest absolute Gasteiger partial charge is 0.465 e. The Labute approximate surface area is 121 Å². The minimum Gasteiger partial charge on any atom is -0.465 e. The number of halogens is 1. The molecule has 1 aromatic carbocycles. The molecule has 0 radical (unpaired) electrons. The number of ether oxygens (including phenoxy) is 2. The van der Waals surface area contributed by atoms with Crippen molar-refractivity contribution in [2.45, 2.75) is 12.6 Å². The molecule has 0 aliphatic heterocycles. The fraction of sp³-hybridized carbons (Fsp3) is 0.462. The third kappa shape index (κ3) is 5.28. The number of esters is 1. The van der Waals surface area contributed by atoms with E-state index in [-0.39, 0.29) is 5.97 Å². The molecule has 1 atom stereocenters. The normalized spacial score (nSPS) is 12.2. The molecule has 1 rings (SSSR count). The summed E-state index contributed by atoms with van der Waals surface area (Å²) in [7, 11) is 2.90. The van der Waals surface area contributed by atoms with E-state index in [1.165, 1.54) is 7.11 Å². The summed E-state index contributed by atoms with van der Waals surface area (Å²) in [5.74, 6) is -0.365. The van der Waals surface area contributed by atoms with Gasteiger partial charge in [0.1, 0.15) is 0 Å². The molecule has 0 saturated carbocycles. The average Bonchev–Trinajstić information content (AvgIpc) is 2.40. The Kier molecular flexibility index (Phi) is 7.01. The summed E-state index contributed by atoms with van der Waals surface area (Å²) in [5, 5.41) is 12.6. The second kappa shape index (κ2) is 8.27. The highest BCUT2D eigenvalue weighted by Crippen LogP contribution is 2.19. The first-order valence-corrected chi connectivity index (χ1v) is 6.62. The highest BCUT2D eigenvalue weighted by molar-refractivity contribution is 9.10. The summed E-state index contributed by atoms with van der Waals surface area (Å²) in [4.78, 5) is 11.3. The van der Waals surface area contributed by atoms with Crippen molar-refractivity contribution in [2.24, 2.45) is 0 Å². The molecule has 106 valence electrons. The Morgan fingerprint density at radius 2 is 2.21 bits per heavy atom. The van der Waals surface area contributed by atoms with Crippen LogP contribution in [0.4, 0.5) is 0 Å². The van der Waals surface area contributed by atoms with Crippen LogP contribution >= 0.6 is 15.9 Å². The number of benzene rings is 1. The topological polar surface area (TPSA) is 67.8 Å². The van der Waals surface area contributed by atoms with Crippen molar-refractivity contribution in [3.05, 3.63) is 33.8 Å². The average molecular weight is 332 g/mol. The molecule has 0 aromatic heterocycles. The van der Waals surface area contributed by atoms with Gasteiger partial charge >= 0.3 is 5.97 Å². The van der Waals surface area contributed by atoms with Crippen molar-refractivity contribution in [1.82, 2.24) is 5.32 Å². The van der Waals surface area contributed by atoms with Gasteiger partial charge in [-0.1, -0.05) is 22.0 Å². The maximum atomic E-state index is 11.3. The van der Waals surface area contributed by atoms with E-state index >= 15 is 0 Å². The maximum Gasteiger partial charge on any atom is 0.337 e. The lowest BCUT2D eigenvalue weighted by Gasteiger charge is -2.12. The van der Waals surface area contributed by atoms with Gasteiger partial charge in [-0.3, -0.25) is 0 Å². The Hall–Kier alpha value is -0.950. The van der Waals surface area contributed by atoms with Crippen LogP contribution in [-0.2, 0) is 16.0 Å². The Bertz CT molecular complexity index is 425. The molecule has 19 heavy (non-hydrogen) atoms. The number of carbonyl (C=O) groups is 1. The molecule has 6 heteroatoms. The van der Waals surface area contributed by atoms with Gasteiger partial charge < -0.3 is 19.9 Å². The SMILES string of the molecule is COC[C@H](O)CNCc1ccc(C(=O)OC)cc1Br. The number of aliphatic hydroxyl groups excluding tert-OH is 1. The molecule has 0 aliphatic rings. The lowest BCUT2D eigenvalue weighted by Crippen LogP contribution is -2.29. The lowest BCUT2D eigenvalue weighted by atomic mass is 10.1. The number of carbonyl (C=O) groups excluding carboxylic acids is 1. The first-order valence-electron chi connectivity index (χ1n) is 5.83. The van der Waals surface area contributed by atoms with Crippen LogP contribution in [0.25, 0.3) is 0 Å². The predicted molar refractivity (Wildman–Crippen MR) is 75.1 cm³/mol. The number of rotatable bonds is 7. The molecule has 0 aliphatic carbocycles. The van der Waals surface area contributed by atoms with E-state index in [0.717, 1.165) is 10.0 Å². The van der Waals surface area contributed by atoms with Gasteiger partial charge in [-0.05, 0) is 17.7 Å². The minimum absolute atomic E-state index is 0.301. The van der Waals surface area contributed by atoms with Gasteiger partial charge in [-0.15, -0.1) is 0 Å². The van der Waals surface area contributed by atoms with E-state index < -0.39 is 6.10 Å². The molecule has 0 unspecified atom stereocenters. The van der Waals surface area contributed by atoms with Crippen molar-refractivity contribution in [3.8, 4) is 0 Å². The molecule has 2 N–H and O–H groups in total. The molecule has 0 spiro atoms. The van der Waals surface area contributed by atoms with Crippen LogP contribution in [0.1, 0.15) is 15.9 Å². The number of hydrogen-bond acceptors (Lipinski definition) is 5. The zero-order valence-electron chi connectivity index (χ0n) is 11.0. The van der Waals surface area contributed by atoms with E-state index in [1.807, 2.05) is 6.07 Å². The predicted octanol–water partition coefficient (Wildman–Crippen LogP) is 1.33. The van der Waals surface area contributed by atoms with E-state index in [4.69, 9.17) is 4.74 Å². The van der Waals surface area contributed by atoms with E-state index in [2.05, 4.69) is 26.0 Å². The molecule has 1 aromatic rings. The quantitative estimate of drug-likeness (QED) is 0.738. The van der Waals surface area contributed by atoms with Crippen LogP contribution < -0.4 is 5.32 Å². The van der Waals surface area contributed by atoms with E-state index in [1.54, 1.807) is 19.2 Å². The third-order valence-corrected chi connectivity index (χ3v) is 3.27. The van der Waals surface area contributed by atoms with Crippen molar-refractivity contribution in [1.29, 1.82) is 0 Å². The van der Waals surface area contributed by atoms with Crippen LogP contribution in [-0.4, -0.2) is 44.6 Å². The van der Waals surface area contributed by atoms with Gasteiger partial charge in [0, 0.05) is 24.7 Å². The van der Waals surface area contributed by atoms with E-state index in [0.29, 0.717) is 25.3 Å². The monoisotopic (exact) mass is 331 g/mol. The van der Waals surface area contributed by atoms with Gasteiger partial charge in [0.15, 0.2) is 0 Å². The molecule has 5 nitrogen and oxygen atoms in total. The van der Waals surface area contributed by atoms with Crippen LogP contribution in [0.3, 0.4) is 0 Å². The molecular formula is C13H18BrNO4. The van der Waals surface area contributed by atoms with Crippen molar-refractivity contribution >= 4 is 21.9 Å². The summed E-state index contributed by atoms with van der Waals surface area (Å²) < 4.78 is 10.3. The van der Waals surface area contributed by atoms with Crippen LogP contribution in [0.2, 0.25) is 0 Å². The Morgan fingerprint density at radius 1 is 1.47 bits per heavy atom. The fourth-order valence-electron chi connectivity index (χ4n) is 1.56. The first kappa shape index (κ1) is 16.1. The highest BCUT2D eigenvalue weighted by Gasteiger charge is 2.09. The second-order valence-electron chi connectivity index (χ2n) is 4.04. The molecule has 0 heterocycles. The smallest absolute Gasteiger partial charge is 0.337 e. The maximum absolute atomic E-state index is 11.3. The zero-order valence-corrected chi connectivity index (χ0v) is 12.6. The molecule has 0 bridgehead atoms. The minimum atomic E-state index is -0.530. The Morgan fingerprint density at radius 3 is 2.79 bits per heavy atom. The summed E-state index contributed by atoms with van der Waals surface area (Å²) in [6, 6.07) is 5.26. The highest BCUT2D eigenvalue weighted by atomic mass is 79.9. The van der Waals surface area contributed by atoms with Gasteiger partial charge in [0.2, 0.25) is 0 Å².